The van der Waals surface area contributed by atoms with E-state index in [1.165, 1.54) is 0 Å². The third kappa shape index (κ3) is 4.05. The molecule has 1 rings (SSSR count). The molecule has 17 heavy (non-hydrogen) atoms. The molecule has 98 valence electrons. The van der Waals surface area contributed by atoms with Crippen LogP contribution in [0.25, 0.3) is 0 Å². The largest absolute Gasteiger partial charge is 0.374 e. The lowest BCUT2D eigenvalue weighted by atomic mass is 10.1. The summed E-state index contributed by atoms with van der Waals surface area (Å²) in [5, 5.41) is 6.67. The van der Waals surface area contributed by atoms with Crippen LogP contribution in [-0.4, -0.2) is 18.6 Å². The van der Waals surface area contributed by atoms with Crippen LogP contribution < -0.4 is 5.32 Å². The molecule has 4 heteroatoms. The third-order valence-electron chi connectivity index (χ3n) is 2.79. The molecular weight excluding hydrogens is 232 g/mol. The highest BCUT2D eigenvalue weighted by molar-refractivity contribution is 7.09. The topological polar surface area (TPSA) is 34.1 Å². The van der Waals surface area contributed by atoms with Crippen LogP contribution in [0.2, 0.25) is 0 Å². The number of ether oxygens (including phenoxy) is 1. The summed E-state index contributed by atoms with van der Waals surface area (Å²) in [5.41, 5.74) is 1.13. The number of nitrogens with zero attached hydrogens (tertiary/aromatic N) is 1. The van der Waals surface area contributed by atoms with Gasteiger partial charge in [-0.05, 0) is 25.8 Å². The van der Waals surface area contributed by atoms with Crippen molar-refractivity contribution < 1.29 is 4.74 Å². The summed E-state index contributed by atoms with van der Waals surface area (Å²) in [7, 11) is 1.75. The molecule has 0 amide bonds. The van der Waals surface area contributed by atoms with Crippen LogP contribution in [0.3, 0.4) is 0 Å². The standard InChI is InChI=1S/C13H24N2OS/c1-6-7-14-10(4)11-8-17-13(15-11)12(16-5)9(2)3/h8-10,12,14H,6-7H2,1-5H3. The van der Waals surface area contributed by atoms with Crippen LogP contribution in [0.5, 0.6) is 0 Å². The van der Waals surface area contributed by atoms with E-state index in [0.717, 1.165) is 23.7 Å². The lowest BCUT2D eigenvalue weighted by molar-refractivity contribution is 0.0642. The van der Waals surface area contributed by atoms with Crippen molar-refractivity contribution in [2.75, 3.05) is 13.7 Å². The molecule has 1 aromatic rings. The maximum Gasteiger partial charge on any atom is 0.122 e. The number of thiazole rings is 1. The number of hydrogen-bond acceptors (Lipinski definition) is 4. The summed E-state index contributed by atoms with van der Waals surface area (Å²) < 4.78 is 5.50. The second-order valence-corrected chi connectivity index (χ2v) is 5.58. The summed E-state index contributed by atoms with van der Waals surface area (Å²) in [4.78, 5) is 4.69. The Morgan fingerprint density at radius 2 is 2.12 bits per heavy atom. The van der Waals surface area contributed by atoms with Gasteiger partial charge in [-0.3, -0.25) is 0 Å². The molecule has 0 radical (unpaired) electrons. The second kappa shape index (κ2) is 7.09. The summed E-state index contributed by atoms with van der Waals surface area (Å²) >= 11 is 1.70. The van der Waals surface area contributed by atoms with Crippen molar-refractivity contribution in [3.05, 3.63) is 16.1 Å². The Labute approximate surface area is 109 Å². The third-order valence-corrected chi connectivity index (χ3v) is 3.71. The zero-order chi connectivity index (χ0) is 12.8. The van der Waals surface area contributed by atoms with E-state index < -0.39 is 0 Å². The highest BCUT2D eigenvalue weighted by atomic mass is 32.1. The van der Waals surface area contributed by atoms with Gasteiger partial charge in [-0.25, -0.2) is 4.98 Å². The fraction of sp³-hybridized carbons (Fsp3) is 0.769. The van der Waals surface area contributed by atoms with Crippen molar-refractivity contribution in [2.45, 2.75) is 46.3 Å². The van der Waals surface area contributed by atoms with E-state index >= 15 is 0 Å². The van der Waals surface area contributed by atoms with Crippen molar-refractivity contribution in [2.24, 2.45) is 5.92 Å². The minimum atomic E-state index is 0.118. The van der Waals surface area contributed by atoms with Crippen molar-refractivity contribution in [1.82, 2.24) is 10.3 Å². The van der Waals surface area contributed by atoms with Crippen LogP contribution in [0.4, 0.5) is 0 Å². The summed E-state index contributed by atoms with van der Waals surface area (Å²) in [6.45, 7) is 9.69. The van der Waals surface area contributed by atoms with Crippen LogP contribution >= 0.6 is 11.3 Å². The molecule has 1 heterocycles. The van der Waals surface area contributed by atoms with Gasteiger partial charge < -0.3 is 10.1 Å². The van der Waals surface area contributed by atoms with Crippen molar-refractivity contribution >= 4 is 11.3 Å². The van der Waals surface area contributed by atoms with Gasteiger partial charge in [-0.15, -0.1) is 11.3 Å². The molecule has 2 atom stereocenters. The first-order valence-electron chi connectivity index (χ1n) is 6.31. The van der Waals surface area contributed by atoms with Gasteiger partial charge in [0.1, 0.15) is 11.1 Å². The first-order chi connectivity index (χ1) is 8.10. The minimum absolute atomic E-state index is 0.118. The molecule has 0 aliphatic heterocycles. The molecule has 0 aromatic carbocycles. The molecule has 1 aromatic heterocycles. The zero-order valence-corrected chi connectivity index (χ0v) is 12.3. The molecule has 0 fully saturated rings. The Morgan fingerprint density at radius 3 is 2.65 bits per heavy atom. The number of rotatable bonds is 7. The normalized spacial score (nSPS) is 15.2. The van der Waals surface area contributed by atoms with E-state index in [0.29, 0.717) is 12.0 Å². The zero-order valence-electron chi connectivity index (χ0n) is 11.5. The molecule has 0 bridgehead atoms. The number of nitrogens with one attached hydrogen (secondary N) is 1. The van der Waals surface area contributed by atoms with Gasteiger partial charge in [0.2, 0.25) is 0 Å². The summed E-state index contributed by atoms with van der Waals surface area (Å²) in [5.74, 6) is 0.456. The fourth-order valence-corrected chi connectivity index (χ4v) is 2.91. The van der Waals surface area contributed by atoms with E-state index in [-0.39, 0.29) is 6.10 Å². The Hall–Kier alpha value is -0.450. The molecular formula is C13H24N2OS. The molecule has 2 unspecified atom stereocenters. The lowest BCUT2D eigenvalue weighted by Gasteiger charge is -2.16. The van der Waals surface area contributed by atoms with E-state index in [4.69, 9.17) is 4.74 Å². The first-order valence-corrected chi connectivity index (χ1v) is 7.19. The molecule has 0 saturated heterocycles. The highest BCUT2D eigenvalue weighted by Gasteiger charge is 2.19. The summed E-state index contributed by atoms with van der Waals surface area (Å²) in [6, 6.07) is 0.324. The van der Waals surface area contributed by atoms with Crippen molar-refractivity contribution in [3.63, 3.8) is 0 Å². The minimum Gasteiger partial charge on any atom is -0.374 e. The predicted octanol–water partition coefficient (Wildman–Crippen LogP) is 3.55. The number of hydrogen-bond donors (Lipinski definition) is 1. The Balaban J connectivity index is 2.69. The van der Waals surface area contributed by atoms with Gasteiger partial charge in [-0.2, -0.15) is 0 Å². The SMILES string of the molecule is CCCNC(C)c1csc(C(OC)C(C)C)n1. The average molecular weight is 256 g/mol. The maximum absolute atomic E-state index is 5.50. The summed E-state index contributed by atoms with van der Waals surface area (Å²) in [6.07, 6.45) is 1.26. The Morgan fingerprint density at radius 1 is 1.41 bits per heavy atom. The van der Waals surface area contributed by atoms with E-state index in [2.05, 4.69) is 43.4 Å². The molecule has 0 aliphatic rings. The van der Waals surface area contributed by atoms with Crippen LogP contribution in [-0.2, 0) is 4.74 Å². The molecule has 0 spiro atoms. The molecule has 0 aliphatic carbocycles. The number of aromatic nitrogens is 1. The predicted molar refractivity (Wildman–Crippen MR) is 73.4 cm³/mol. The van der Waals surface area contributed by atoms with Crippen molar-refractivity contribution in [1.29, 1.82) is 0 Å². The first kappa shape index (κ1) is 14.6. The van der Waals surface area contributed by atoms with Gasteiger partial charge in [0, 0.05) is 18.5 Å². The van der Waals surface area contributed by atoms with E-state index in [9.17, 15) is 0 Å². The quantitative estimate of drug-likeness (QED) is 0.810. The fourth-order valence-electron chi connectivity index (χ4n) is 1.75. The molecule has 0 saturated carbocycles. The van der Waals surface area contributed by atoms with E-state index in [1.807, 2.05) is 0 Å². The Kier molecular flexibility index (Phi) is 6.09. The van der Waals surface area contributed by atoms with Crippen LogP contribution in [0.15, 0.2) is 5.38 Å². The number of methoxy groups -OCH3 is 1. The lowest BCUT2D eigenvalue weighted by Crippen LogP contribution is -2.19. The molecule has 1 N–H and O–H groups in total. The average Bonchev–Trinajstić information content (AvgIpc) is 2.75. The second-order valence-electron chi connectivity index (χ2n) is 4.69. The van der Waals surface area contributed by atoms with Gasteiger partial charge in [-0.1, -0.05) is 20.8 Å². The smallest absolute Gasteiger partial charge is 0.122 e. The van der Waals surface area contributed by atoms with Crippen molar-refractivity contribution in [3.8, 4) is 0 Å². The van der Waals surface area contributed by atoms with Gasteiger partial charge in [0.25, 0.3) is 0 Å². The monoisotopic (exact) mass is 256 g/mol. The van der Waals surface area contributed by atoms with Gasteiger partial charge in [0.15, 0.2) is 0 Å². The highest BCUT2D eigenvalue weighted by Crippen LogP contribution is 2.29. The van der Waals surface area contributed by atoms with Gasteiger partial charge >= 0.3 is 0 Å². The molecule has 3 nitrogen and oxygen atoms in total. The van der Waals surface area contributed by atoms with E-state index in [1.54, 1.807) is 18.4 Å². The maximum atomic E-state index is 5.50. The van der Waals surface area contributed by atoms with Crippen LogP contribution in [0.1, 0.15) is 57.0 Å². The Bertz CT molecular complexity index is 325. The van der Waals surface area contributed by atoms with Crippen LogP contribution in [0, 0.1) is 5.92 Å². The van der Waals surface area contributed by atoms with Gasteiger partial charge in [0.05, 0.1) is 5.69 Å².